The molecule has 0 aliphatic heterocycles. The number of pyridine rings is 1. The largest absolute Gasteiger partial charge is 0.386 e. The maximum atomic E-state index is 11.0. The maximum Gasteiger partial charge on any atom is 0.154 e. The molecule has 0 fully saturated rings. The number of fused-ring (bicyclic) bond motifs is 1. The SMILES string of the molecule is CC(=O)/C=C(\C)NCC(C)N=Cc1cc2ccccc2cn1. The zero-order valence-corrected chi connectivity index (χ0v) is 13.2. The van der Waals surface area contributed by atoms with Crippen molar-refractivity contribution in [3.63, 3.8) is 0 Å². The lowest BCUT2D eigenvalue weighted by Gasteiger charge is -2.09. The fourth-order valence-corrected chi connectivity index (χ4v) is 2.09. The van der Waals surface area contributed by atoms with Gasteiger partial charge in [0.15, 0.2) is 5.78 Å². The lowest BCUT2D eigenvalue weighted by Crippen LogP contribution is -2.22. The van der Waals surface area contributed by atoms with Crippen LogP contribution in [0.4, 0.5) is 0 Å². The van der Waals surface area contributed by atoms with Crippen LogP contribution < -0.4 is 5.32 Å². The van der Waals surface area contributed by atoms with Gasteiger partial charge < -0.3 is 5.32 Å². The summed E-state index contributed by atoms with van der Waals surface area (Å²) in [6.07, 6.45) is 5.24. The lowest BCUT2D eigenvalue weighted by atomic mass is 10.1. The number of benzene rings is 1. The molecule has 2 rings (SSSR count). The van der Waals surface area contributed by atoms with Gasteiger partial charge in [-0.05, 0) is 38.3 Å². The molecule has 0 spiro atoms. The molecule has 1 aromatic heterocycles. The fraction of sp³-hybridized carbons (Fsp3) is 0.278. The van der Waals surface area contributed by atoms with Crippen LogP contribution in [0.5, 0.6) is 0 Å². The van der Waals surface area contributed by atoms with Crippen LogP contribution in [0.2, 0.25) is 0 Å². The molecule has 22 heavy (non-hydrogen) atoms. The molecule has 1 aromatic carbocycles. The van der Waals surface area contributed by atoms with E-state index in [9.17, 15) is 4.79 Å². The smallest absolute Gasteiger partial charge is 0.154 e. The Morgan fingerprint density at radius 2 is 2.05 bits per heavy atom. The third-order valence-corrected chi connectivity index (χ3v) is 3.21. The van der Waals surface area contributed by atoms with Gasteiger partial charge in [-0.15, -0.1) is 0 Å². The first-order valence-electron chi connectivity index (χ1n) is 7.35. The van der Waals surface area contributed by atoms with Gasteiger partial charge in [-0.3, -0.25) is 14.8 Å². The molecule has 4 heteroatoms. The van der Waals surface area contributed by atoms with Crippen molar-refractivity contribution in [2.75, 3.05) is 6.54 Å². The summed E-state index contributed by atoms with van der Waals surface area (Å²) in [5.74, 6) is 0.0431. The molecule has 4 nitrogen and oxygen atoms in total. The van der Waals surface area contributed by atoms with Crippen LogP contribution in [0.25, 0.3) is 10.8 Å². The molecule has 1 atom stereocenters. The van der Waals surface area contributed by atoms with Crippen molar-refractivity contribution in [3.8, 4) is 0 Å². The zero-order chi connectivity index (χ0) is 15.9. The molecule has 1 N–H and O–H groups in total. The molecule has 0 saturated heterocycles. The fourth-order valence-electron chi connectivity index (χ4n) is 2.09. The normalized spacial score (nSPS) is 13.5. The molecule has 0 amide bonds. The molecule has 1 unspecified atom stereocenters. The molecule has 1 heterocycles. The number of hydrogen-bond acceptors (Lipinski definition) is 4. The number of nitrogens with one attached hydrogen (secondary N) is 1. The Bertz CT molecular complexity index is 719. The molecule has 0 bridgehead atoms. The highest BCUT2D eigenvalue weighted by molar-refractivity contribution is 5.88. The number of aliphatic imine (C=N–C) groups is 1. The first-order valence-corrected chi connectivity index (χ1v) is 7.35. The number of allylic oxidation sites excluding steroid dienone is 2. The van der Waals surface area contributed by atoms with E-state index in [0.717, 1.165) is 22.2 Å². The van der Waals surface area contributed by atoms with E-state index in [2.05, 4.69) is 21.4 Å². The standard InChI is InChI=1S/C18H21N3O/c1-13(8-15(3)22)19-10-14(2)20-12-18-9-16-6-4-5-7-17(16)11-21-18/h4-9,11-12,14,19H,10H2,1-3H3/b13-8+,20-12?. The van der Waals surface area contributed by atoms with Gasteiger partial charge in [0.1, 0.15) is 0 Å². The predicted octanol–water partition coefficient (Wildman–Crippen LogP) is 3.12. The van der Waals surface area contributed by atoms with Gasteiger partial charge in [-0.25, -0.2) is 0 Å². The molecule has 0 saturated carbocycles. The first-order chi connectivity index (χ1) is 10.5. The summed E-state index contributed by atoms with van der Waals surface area (Å²) in [6.45, 7) is 6.12. The van der Waals surface area contributed by atoms with E-state index in [1.54, 1.807) is 12.3 Å². The minimum absolute atomic E-state index is 0.0431. The molecular formula is C18H21N3O. The van der Waals surface area contributed by atoms with Crippen molar-refractivity contribution in [1.29, 1.82) is 0 Å². The molecule has 0 aliphatic rings. The number of carbonyl (C=O) groups is 1. The Labute approximate surface area is 131 Å². The minimum Gasteiger partial charge on any atom is -0.386 e. The first kappa shape index (κ1) is 15.9. The second-order valence-corrected chi connectivity index (χ2v) is 5.40. The maximum absolute atomic E-state index is 11.0. The monoisotopic (exact) mass is 295 g/mol. The summed E-state index contributed by atoms with van der Waals surface area (Å²) in [6, 6.07) is 10.3. The second-order valence-electron chi connectivity index (χ2n) is 5.40. The summed E-state index contributed by atoms with van der Waals surface area (Å²) >= 11 is 0. The van der Waals surface area contributed by atoms with Crippen LogP contribution in [-0.2, 0) is 4.79 Å². The summed E-state index contributed by atoms with van der Waals surface area (Å²) in [5.41, 5.74) is 1.71. The van der Waals surface area contributed by atoms with Crippen molar-refractivity contribution < 1.29 is 4.79 Å². The number of carbonyl (C=O) groups excluding carboxylic acids is 1. The number of ketones is 1. The Kier molecular flexibility index (Phi) is 5.42. The average molecular weight is 295 g/mol. The molecular weight excluding hydrogens is 274 g/mol. The van der Waals surface area contributed by atoms with Crippen LogP contribution in [0, 0.1) is 0 Å². The van der Waals surface area contributed by atoms with E-state index in [-0.39, 0.29) is 11.8 Å². The van der Waals surface area contributed by atoms with Crippen LogP contribution in [0.1, 0.15) is 26.5 Å². The highest BCUT2D eigenvalue weighted by Gasteiger charge is 2.00. The minimum atomic E-state index is 0.0431. The highest BCUT2D eigenvalue weighted by Crippen LogP contribution is 2.12. The number of rotatable bonds is 6. The number of nitrogens with zero attached hydrogens (tertiary/aromatic N) is 2. The van der Waals surface area contributed by atoms with Crippen LogP contribution in [0.15, 0.2) is 53.3 Å². The van der Waals surface area contributed by atoms with Crippen molar-refractivity contribution >= 4 is 22.8 Å². The molecule has 114 valence electrons. The topological polar surface area (TPSA) is 54.4 Å². The lowest BCUT2D eigenvalue weighted by molar-refractivity contribution is -0.112. The Hall–Kier alpha value is -2.49. The quantitative estimate of drug-likeness (QED) is 0.658. The zero-order valence-electron chi connectivity index (χ0n) is 13.2. The van der Waals surface area contributed by atoms with Crippen LogP contribution in [-0.4, -0.2) is 29.6 Å². The summed E-state index contributed by atoms with van der Waals surface area (Å²) in [5, 5.41) is 5.47. The van der Waals surface area contributed by atoms with Crippen molar-refractivity contribution in [2.45, 2.75) is 26.8 Å². The van der Waals surface area contributed by atoms with Gasteiger partial charge in [-0.2, -0.15) is 0 Å². The summed E-state index contributed by atoms with van der Waals surface area (Å²) in [7, 11) is 0. The third kappa shape index (κ3) is 4.81. The Morgan fingerprint density at radius 3 is 2.77 bits per heavy atom. The predicted molar refractivity (Wildman–Crippen MR) is 91.2 cm³/mol. The Balaban J connectivity index is 1.96. The van der Waals surface area contributed by atoms with E-state index >= 15 is 0 Å². The van der Waals surface area contributed by atoms with Gasteiger partial charge in [0, 0.05) is 30.0 Å². The van der Waals surface area contributed by atoms with E-state index in [1.807, 2.05) is 44.3 Å². The number of hydrogen-bond donors (Lipinski definition) is 1. The molecule has 2 aromatic rings. The van der Waals surface area contributed by atoms with Gasteiger partial charge in [0.05, 0.1) is 11.7 Å². The number of aromatic nitrogens is 1. The van der Waals surface area contributed by atoms with Crippen LogP contribution >= 0.6 is 0 Å². The van der Waals surface area contributed by atoms with Gasteiger partial charge >= 0.3 is 0 Å². The van der Waals surface area contributed by atoms with Crippen molar-refractivity contribution in [3.05, 3.63) is 54.0 Å². The average Bonchev–Trinajstić information content (AvgIpc) is 2.50. The van der Waals surface area contributed by atoms with E-state index in [4.69, 9.17) is 0 Å². The van der Waals surface area contributed by atoms with E-state index in [0.29, 0.717) is 6.54 Å². The summed E-state index contributed by atoms with van der Waals surface area (Å²) < 4.78 is 0. The Morgan fingerprint density at radius 1 is 1.32 bits per heavy atom. The highest BCUT2D eigenvalue weighted by atomic mass is 16.1. The van der Waals surface area contributed by atoms with E-state index in [1.165, 1.54) is 6.92 Å². The van der Waals surface area contributed by atoms with Gasteiger partial charge in [-0.1, -0.05) is 24.3 Å². The third-order valence-electron chi connectivity index (χ3n) is 3.21. The summed E-state index contributed by atoms with van der Waals surface area (Å²) in [4.78, 5) is 19.8. The van der Waals surface area contributed by atoms with Crippen molar-refractivity contribution in [1.82, 2.24) is 10.3 Å². The van der Waals surface area contributed by atoms with Crippen LogP contribution in [0.3, 0.4) is 0 Å². The van der Waals surface area contributed by atoms with E-state index < -0.39 is 0 Å². The second kappa shape index (κ2) is 7.50. The van der Waals surface area contributed by atoms with Crippen molar-refractivity contribution in [2.24, 2.45) is 4.99 Å². The van der Waals surface area contributed by atoms with Gasteiger partial charge in [0.2, 0.25) is 0 Å². The molecule has 0 radical (unpaired) electrons. The van der Waals surface area contributed by atoms with Gasteiger partial charge in [0.25, 0.3) is 0 Å². The molecule has 0 aliphatic carbocycles.